The number of aryl methyl sites for hydroxylation is 1. The van der Waals surface area contributed by atoms with E-state index >= 15 is 0 Å². The maximum absolute atomic E-state index is 4.69. The van der Waals surface area contributed by atoms with Crippen LogP contribution in [0.15, 0.2) is 42.6 Å². The molecule has 1 heterocycles. The van der Waals surface area contributed by atoms with Crippen LogP contribution in [0, 0.1) is 5.92 Å². The van der Waals surface area contributed by atoms with Gasteiger partial charge < -0.3 is 5.32 Å². The number of pyridine rings is 1. The summed E-state index contributed by atoms with van der Waals surface area (Å²) in [4.78, 5) is 4.69. The Kier molecular flexibility index (Phi) is 3.27. The van der Waals surface area contributed by atoms with Crippen molar-refractivity contribution in [1.29, 1.82) is 0 Å². The molecule has 1 N–H and O–H groups in total. The van der Waals surface area contributed by atoms with Gasteiger partial charge in [-0.05, 0) is 61.4 Å². The van der Waals surface area contributed by atoms with E-state index in [2.05, 4.69) is 48.8 Å². The minimum absolute atomic E-state index is 0.536. The van der Waals surface area contributed by atoms with Gasteiger partial charge in [-0.2, -0.15) is 0 Å². The van der Waals surface area contributed by atoms with E-state index < -0.39 is 0 Å². The Hall–Kier alpha value is -1.67. The van der Waals surface area contributed by atoms with Gasteiger partial charge in [0.1, 0.15) is 0 Å². The first-order chi connectivity index (χ1) is 10.4. The minimum Gasteiger partial charge on any atom is -0.316 e. The van der Waals surface area contributed by atoms with Gasteiger partial charge in [0.05, 0.1) is 0 Å². The van der Waals surface area contributed by atoms with Crippen molar-refractivity contribution >= 4 is 0 Å². The normalized spacial score (nSPS) is 22.0. The number of benzene rings is 1. The smallest absolute Gasteiger partial charge is 0.0482 e. The molecule has 2 atom stereocenters. The van der Waals surface area contributed by atoms with Crippen LogP contribution in [0.3, 0.4) is 0 Å². The summed E-state index contributed by atoms with van der Waals surface area (Å²) < 4.78 is 0. The zero-order valence-electron chi connectivity index (χ0n) is 12.5. The second kappa shape index (κ2) is 5.27. The fraction of sp³-hybridized carbons (Fsp3) is 0.421. The number of likely N-dealkylation sites (N-methyl/N-ethyl adjacent to an activating group) is 1. The molecule has 2 aromatic rings. The molecule has 0 radical (unpaired) electrons. The van der Waals surface area contributed by atoms with Crippen LogP contribution in [0.4, 0.5) is 0 Å². The van der Waals surface area contributed by atoms with Crippen molar-refractivity contribution in [2.75, 3.05) is 7.05 Å². The topological polar surface area (TPSA) is 24.9 Å². The summed E-state index contributed by atoms with van der Waals surface area (Å²) in [5, 5.41) is 3.62. The molecule has 0 amide bonds. The molecule has 4 rings (SSSR count). The fourth-order valence-corrected chi connectivity index (χ4v) is 4.41. The van der Waals surface area contributed by atoms with Crippen LogP contribution >= 0.6 is 0 Å². The molecule has 21 heavy (non-hydrogen) atoms. The summed E-state index contributed by atoms with van der Waals surface area (Å²) in [6.45, 7) is 0. The average molecular weight is 278 g/mol. The largest absolute Gasteiger partial charge is 0.316 e. The van der Waals surface area contributed by atoms with E-state index in [0.717, 1.165) is 0 Å². The maximum Gasteiger partial charge on any atom is 0.0482 e. The van der Waals surface area contributed by atoms with E-state index in [4.69, 9.17) is 4.98 Å². The summed E-state index contributed by atoms with van der Waals surface area (Å²) >= 11 is 0. The molecule has 2 unspecified atom stereocenters. The van der Waals surface area contributed by atoms with Crippen molar-refractivity contribution in [3.63, 3.8) is 0 Å². The van der Waals surface area contributed by atoms with Gasteiger partial charge in [-0.1, -0.05) is 30.3 Å². The molecule has 108 valence electrons. The van der Waals surface area contributed by atoms with E-state index in [1.54, 1.807) is 11.1 Å². The van der Waals surface area contributed by atoms with Gasteiger partial charge in [0.15, 0.2) is 0 Å². The number of nitrogens with zero attached hydrogens (tertiary/aromatic N) is 1. The third-order valence-corrected chi connectivity index (χ3v) is 5.36. The summed E-state index contributed by atoms with van der Waals surface area (Å²) in [7, 11) is 2.12. The van der Waals surface area contributed by atoms with E-state index in [0.29, 0.717) is 17.9 Å². The SMILES string of the molecule is CNC(C1Cc2ccccc2C1)C1CCc2cccnc21. The summed E-state index contributed by atoms with van der Waals surface area (Å²) in [6, 6.07) is 13.8. The molecule has 2 heteroatoms. The number of rotatable bonds is 3. The summed E-state index contributed by atoms with van der Waals surface area (Å²) in [5.74, 6) is 1.27. The summed E-state index contributed by atoms with van der Waals surface area (Å²) in [6.07, 6.45) is 6.80. The first-order valence-corrected chi connectivity index (χ1v) is 8.04. The second-order valence-electron chi connectivity index (χ2n) is 6.44. The number of aromatic nitrogens is 1. The van der Waals surface area contributed by atoms with Crippen LogP contribution in [0.2, 0.25) is 0 Å². The predicted molar refractivity (Wildman–Crippen MR) is 85.5 cm³/mol. The van der Waals surface area contributed by atoms with E-state index in [1.807, 2.05) is 6.20 Å². The van der Waals surface area contributed by atoms with Crippen LogP contribution in [0.5, 0.6) is 0 Å². The molecule has 2 aliphatic rings. The molecule has 0 aliphatic heterocycles. The van der Waals surface area contributed by atoms with Crippen molar-refractivity contribution in [2.45, 2.75) is 37.6 Å². The molecule has 2 aliphatic carbocycles. The van der Waals surface area contributed by atoms with Crippen molar-refractivity contribution < 1.29 is 0 Å². The zero-order chi connectivity index (χ0) is 14.2. The Morgan fingerprint density at radius 2 is 1.76 bits per heavy atom. The molecule has 2 nitrogen and oxygen atoms in total. The lowest BCUT2D eigenvalue weighted by molar-refractivity contribution is 0.326. The summed E-state index contributed by atoms with van der Waals surface area (Å²) in [5.41, 5.74) is 5.88. The molecular weight excluding hydrogens is 256 g/mol. The number of nitrogens with one attached hydrogen (secondary N) is 1. The molecule has 0 fully saturated rings. The first kappa shape index (κ1) is 13.0. The van der Waals surface area contributed by atoms with E-state index in [1.165, 1.54) is 36.9 Å². The standard InChI is InChI=1S/C19H22N2/c1-20-18(16-11-14-5-2-3-6-15(14)12-16)17-9-8-13-7-4-10-21-19(13)17/h2-7,10,16-18,20H,8-9,11-12H2,1H3. The Bertz CT molecular complexity index is 625. The van der Waals surface area contributed by atoms with Gasteiger partial charge in [0, 0.05) is 23.9 Å². The fourth-order valence-electron chi connectivity index (χ4n) is 4.41. The maximum atomic E-state index is 4.69. The predicted octanol–water partition coefficient (Wildman–Crippen LogP) is 3.11. The Morgan fingerprint density at radius 3 is 2.48 bits per heavy atom. The Labute approximate surface area is 126 Å². The number of fused-ring (bicyclic) bond motifs is 2. The van der Waals surface area contributed by atoms with E-state index in [-0.39, 0.29) is 0 Å². The average Bonchev–Trinajstić information content (AvgIpc) is 3.13. The third-order valence-electron chi connectivity index (χ3n) is 5.36. The van der Waals surface area contributed by atoms with Crippen LogP contribution in [0.25, 0.3) is 0 Å². The zero-order valence-corrected chi connectivity index (χ0v) is 12.5. The quantitative estimate of drug-likeness (QED) is 0.933. The van der Waals surface area contributed by atoms with Crippen LogP contribution in [-0.4, -0.2) is 18.1 Å². The van der Waals surface area contributed by atoms with Crippen LogP contribution in [-0.2, 0) is 19.3 Å². The highest BCUT2D eigenvalue weighted by molar-refractivity contribution is 5.35. The van der Waals surface area contributed by atoms with Crippen molar-refractivity contribution in [3.05, 3.63) is 65.0 Å². The van der Waals surface area contributed by atoms with Gasteiger partial charge in [-0.25, -0.2) is 0 Å². The van der Waals surface area contributed by atoms with E-state index in [9.17, 15) is 0 Å². The van der Waals surface area contributed by atoms with Gasteiger partial charge in [-0.15, -0.1) is 0 Å². The molecule has 0 bridgehead atoms. The van der Waals surface area contributed by atoms with Crippen LogP contribution < -0.4 is 5.32 Å². The Morgan fingerprint density at radius 1 is 1.05 bits per heavy atom. The first-order valence-electron chi connectivity index (χ1n) is 8.04. The van der Waals surface area contributed by atoms with Crippen molar-refractivity contribution in [1.82, 2.24) is 10.3 Å². The minimum atomic E-state index is 0.536. The molecule has 1 aromatic carbocycles. The number of hydrogen-bond donors (Lipinski definition) is 1. The highest BCUT2D eigenvalue weighted by atomic mass is 14.9. The van der Waals surface area contributed by atoms with Gasteiger partial charge in [0.25, 0.3) is 0 Å². The Balaban J connectivity index is 1.60. The van der Waals surface area contributed by atoms with Gasteiger partial charge in [0.2, 0.25) is 0 Å². The van der Waals surface area contributed by atoms with Gasteiger partial charge in [-0.3, -0.25) is 4.98 Å². The lowest BCUT2D eigenvalue weighted by Crippen LogP contribution is -2.39. The molecule has 1 aromatic heterocycles. The lowest BCUT2D eigenvalue weighted by atomic mass is 9.84. The monoisotopic (exact) mass is 278 g/mol. The lowest BCUT2D eigenvalue weighted by Gasteiger charge is -2.29. The third kappa shape index (κ3) is 2.18. The molecular formula is C19H22N2. The van der Waals surface area contributed by atoms with Crippen LogP contribution in [0.1, 0.15) is 34.7 Å². The van der Waals surface area contributed by atoms with Crippen molar-refractivity contribution in [3.8, 4) is 0 Å². The molecule has 0 saturated carbocycles. The molecule has 0 spiro atoms. The number of hydrogen-bond acceptors (Lipinski definition) is 2. The van der Waals surface area contributed by atoms with Crippen molar-refractivity contribution in [2.24, 2.45) is 5.92 Å². The highest BCUT2D eigenvalue weighted by Crippen LogP contribution is 2.40. The molecule has 0 saturated heterocycles. The van der Waals surface area contributed by atoms with Gasteiger partial charge >= 0.3 is 0 Å². The second-order valence-corrected chi connectivity index (χ2v) is 6.44. The highest BCUT2D eigenvalue weighted by Gasteiger charge is 2.37.